The van der Waals surface area contributed by atoms with Gasteiger partial charge in [0.25, 0.3) is 0 Å². The molecule has 0 aromatic carbocycles. The fraction of sp³-hybridized carbons (Fsp3) is 0.583. The molecule has 1 aromatic heterocycles. The third-order valence-corrected chi connectivity index (χ3v) is 3.16. The minimum absolute atomic E-state index is 0.643. The maximum atomic E-state index is 5.70. The molecule has 0 atom stereocenters. The van der Waals surface area contributed by atoms with Crippen molar-refractivity contribution in [3.05, 3.63) is 28.5 Å². The van der Waals surface area contributed by atoms with Crippen LogP contribution < -0.4 is 0 Å². The van der Waals surface area contributed by atoms with Crippen molar-refractivity contribution in [2.24, 2.45) is 5.92 Å². The Bertz CT molecular complexity index is 327. The molecule has 1 aliphatic heterocycles. The molecular formula is C12H16BrNO2. The van der Waals surface area contributed by atoms with Crippen LogP contribution in [0, 0.1) is 5.92 Å². The van der Waals surface area contributed by atoms with Crippen LogP contribution in [0.5, 0.6) is 0 Å². The molecule has 0 unspecified atom stereocenters. The van der Waals surface area contributed by atoms with Crippen LogP contribution in [0.2, 0.25) is 0 Å². The van der Waals surface area contributed by atoms with Crippen LogP contribution in [-0.2, 0) is 16.1 Å². The van der Waals surface area contributed by atoms with Crippen molar-refractivity contribution in [2.45, 2.75) is 19.4 Å². The molecule has 3 nitrogen and oxygen atoms in total. The summed E-state index contributed by atoms with van der Waals surface area (Å²) < 4.78 is 12.0. The van der Waals surface area contributed by atoms with Gasteiger partial charge < -0.3 is 9.47 Å². The highest BCUT2D eigenvalue weighted by molar-refractivity contribution is 9.10. The number of hydrogen-bond donors (Lipinski definition) is 0. The maximum Gasteiger partial charge on any atom is 0.0732 e. The lowest BCUT2D eigenvalue weighted by Crippen LogP contribution is -2.20. The largest absolute Gasteiger partial charge is 0.381 e. The summed E-state index contributed by atoms with van der Waals surface area (Å²) in [6.07, 6.45) is 5.87. The number of nitrogens with zero attached hydrogens (tertiary/aromatic N) is 1. The highest BCUT2D eigenvalue weighted by atomic mass is 79.9. The molecule has 0 N–H and O–H groups in total. The first kappa shape index (κ1) is 12.0. The van der Waals surface area contributed by atoms with Gasteiger partial charge in [0.15, 0.2) is 0 Å². The predicted octanol–water partition coefficient (Wildman–Crippen LogP) is 2.79. The molecule has 1 saturated heterocycles. The van der Waals surface area contributed by atoms with E-state index in [2.05, 4.69) is 20.9 Å². The van der Waals surface area contributed by atoms with Gasteiger partial charge >= 0.3 is 0 Å². The molecule has 88 valence electrons. The Morgan fingerprint density at radius 2 is 2.19 bits per heavy atom. The van der Waals surface area contributed by atoms with Crippen molar-refractivity contribution in [1.82, 2.24) is 4.98 Å². The summed E-state index contributed by atoms with van der Waals surface area (Å²) in [4.78, 5) is 4.10. The maximum absolute atomic E-state index is 5.70. The summed E-state index contributed by atoms with van der Waals surface area (Å²) in [7, 11) is 0. The summed E-state index contributed by atoms with van der Waals surface area (Å²) in [6, 6.07) is 2.04. The van der Waals surface area contributed by atoms with Crippen LogP contribution in [0.15, 0.2) is 22.9 Å². The number of pyridine rings is 1. The Morgan fingerprint density at radius 1 is 1.38 bits per heavy atom. The van der Waals surface area contributed by atoms with E-state index in [0.29, 0.717) is 12.5 Å². The van der Waals surface area contributed by atoms with Gasteiger partial charge in [-0.05, 0) is 46.3 Å². The molecule has 1 aliphatic rings. The van der Waals surface area contributed by atoms with Gasteiger partial charge in [0.2, 0.25) is 0 Å². The summed E-state index contributed by atoms with van der Waals surface area (Å²) >= 11 is 3.40. The molecule has 1 fully saturated rings. The number of ether oxygens (including phenoxy) is 2. The first-order chi connectivity index (χ1) is 7.84. The van der Waals surface area contributed by atoms with Crippen molar-refractivity contribution < 1.29 is 9.47 Å². The van der Waals surface area contributed by atoms with E-state index in [9.17, 15) is 0 Å². The Labute approximate surface area is 104 Å². The van der Waals surface area contributed by atoms with Crippen molar-refractivity contribution >= 4 is 15.9 Å². The van der Waals surface area contributed by atoms with Gasteiger partial charge in [0.05, 0.1) is 13.2 Å². The van der Waals surface area contributed by atoms with Crippen LogP contribution in [0.4, 0.5) is 0 Å². The third kappa shape index (κ3) is 3.85. The smallest absolute Gasteiger partial charge is 0.0732 e. The second kappa shape index (κ2) is 6.33. The van der Waals surface area contributed by atoms with Crippen molar-refractivity contribution in [2.75, 3.05) is 19.8 Å². The van der Waals surface area contributed by atoms with Crippen LogP contribution in [-0.4, -0.2) is 24.8 Å². The summed E-state index contributed by atoms with van der Waals surface area (Å²) in [6.45, 7) is 3.23. The molecule has 0 aliphatic carbocycles. The van der Waals surface area contributed by atoms with Gasteiger partial charge in [-0.25, -0.2) is 0 Å². The lowest BCUT2D eigenvalue weighted by molar-refractivity contribution is 0.0157. The van der Waals surface area contributed by atoms with E-state index in [4.69, 9.17) is 9.47 Å². The van der Waals surface area contributed by atoms with Crippen molar-refractivity contribution in [3.63, 3.8) is 0 Å². The normalized spacial score (nSPS) is 17.6. The first-order valence-corrected chi connectivity index (χ1v) is 6.39. The average Bonchev–Trinajstić information content (AvgIpc) is 2.30. The Hall–Kier alpha value is -0.450. The minimum Gasteiger partial charge on any atom is -0.381 e. The molecule has 0 bridgehead atoms. The Kier molecular flexibility index (Phi) is 4.75. The minimum atomic E-state index is 0.643. The standard InChI is InChI=1S/C12H16BrNO2/c13-12-5-11(6-14-7-12)9-16-8-10-1-3-15-4-2-10/h5-7,10H,1-4,8-9H2. The second-order valence-corrected chi connectivity index (χ2v) is 5.00. The summed E-state index contributed by atoms with van der Waals surface area (Å²) in [5.74, 6) is 0.661. The third-order valence-electron chi connectivity index (χ3n) is 2.72. The van der Waals surface area contributed by atoms with E-state index in [0.717, 1.165) is 42.7 Å². The molecule has 2 heterocycles. The molecule has 1 aromatic rings. The van der Waals surface area contributed by atoms with Gasteiger partial charge in [0, 0.05) is 30.1 Å². The highest BCUT2D eigenvalue weighted by Gasteiger charge is 2.13. The van der Waals surface area contributed by atoms with Gasteiger partial charge in [-0.3, -0.25) is 4.98 Å². The molecule has 2 rings (SSSR count). The van der Waals surface area contributed by atoms with E-state index < -0.39 is 0 Å². The van der Waals surface area contributed by atoms with Crippen LogP contribution in [0.25, 0.3) is 0 Å². The predicted molar refractivity (Wildman–Crippen MR) is 65.1 cm³/mol. The first-order valence-electron chi connectivity index (χ1n) is 5.59. The van der Waals surface area contributed by atoms with Crippen LogP contribution >= 0.6 is 15.9 Å². The zero-order chi connectivity index (χ0) is 11.2. The van der Waals surface area contributed by atoms with E-state index >= 15 is 0 Å². The fourth-order valence-corrected chi connectivity index (χ4v) is 2.20. The van der Waals surface area contributed by atoms with Crippen molar-refractivity contribution in [3.8, 4) is 0 Å². The lowest BCUT2D eigenvalue weighted by Gasteiger charge is -2.21. The van der Waals surface area contributed by atoms with Gasteiger partial charge in [0.1, 0.15) is 0 Å². The molecular weight excluding hydrogens is 270 g/mol. The van der Waals surface area contributed by atoms with Gasteiger partial charge in [-0.1, -0.05) is 0 Å². The summed E-state index contributed by atoms with van der Waals surface area (Å²) in [5.41, 5.74) is 1.11. The van der Waals surface area contributed by atoms with Gasteiger partial charge in [-0.2, -0.15) is 0 Å². The van der Waals surface area contributed by atoms with E-state index in [1.165, 1.54) is 0 Å². The Morgan fingerprint density at radius 3 is 2.94 bits per heavy atom. The van der Waals surface area contributed by atoms with E-state index in [1.54, 1.807) is 6.20 Å². The Balaban J connectivity index is 1.71. The SMILES string of the molecule is Brc1cncc(COCC2CCOCC2)c1. The van der Waals surface area contributed by atoms with Crippen LogP contribution in [0.3, 0.4) is 0 Å². The topological polar surface area (TPSA) is 31.4 Å². The second-order valence-electron chi connectivity index (χ2n) is 4.08. The van der Waals surface area contributed by atoms with Crippen LogP contribution in [0.1, 0.15) is 18.4 Å². The molecule has 0 amide bonds. The van der Waals surface area contributed by atoms with Crippen molar-refractivity contribution in [1.29, 1.82) is 0 Å². The van der Waals surface area contributed by atoms with E-state index in [-0.39, 0.29) is 0 Å². The zero-order valence-corrected chi connectivity index (χ0v) is 10.8. The molecule has 0 radical (unpaired) electrons. The number of hydrogen-bond acceptors (Lipinski definition) is 3. The summed E-state index contributed by atoms with van der Waals surface area (Å²) in [5, 5.41) is 0. The monoisotopic (exact) mass is 285 g/mol. The lowest BCUT2D eigenvalue weighted by atomic mass is 10.0. The number of aromatic nitrogens is 1. The molecule has 0 spiro atoms. The molecule has 16 heavy (non-hydrogen) atoms. The quantitative estimate of drug-likeness (QED) is 0.853. The fourth-order valence-electron chi connectivity index (χ4n) is 1.79. The highest BCUT2D eigenvalue weighted by Crippen LogP contribution is 2.16. The zero-order valence-electron chi connectivity index (χ0n) is 9.19. The average molecular weight is 286 g/mol. The number of rotatable bonds is 4. The van der Waals surface area contributed by atoms with Gasteiger partial charge in [-0.15, -0.1) is 0 Å². The number of halogens is 1. The molecule has 0 saturated carbocycles. The van der Waals surface area contributed by atoms with E-state index in [1.807, 2.05) is 12.3 Å². The molecule has 4 heteroatoms.